The van der Waals surface area contributed by atoms with Crippen LogP contribution in [0.5, 0.6) is 0 Å². The monoisotopic (exact) mass is 228 g/mol. The summed E-state index contributed by atoms with van der Waals surface area (Å²) in [5, 5.41) is 3.55. The summed E-state index contributed by atoms with van der Waals surface area (Å²) in [5.41, 5.74) is 5.69. The molecule has 3 unspecified atom stereocenters. The van der Waals surface area contributed by atoms with Crippen LogP contribution in [0.4, 0.5) is 0 Å². The minimum Gasteiger partial charge on any atom is -0.356 e. The molecule has 1 rings (SSSR count). The Balaban J connectivity index is 2.17. The summed E-state index contributed by atoms with van der Waals surface area (Å²) in [7, 11) is 0. The molecule has 0 saturated carbocycles. The summed E-state index contributed by atoms with van der Waals surface area (Å²) >= 11 is 1.82. The van der Waals surface area contributed by atoms with Gasteiger partial charge >= 0.3 is 0 Å². The number of nitrogens with one attached hydrogen (secondary N) is 1. The standard InChI is InChI=1S/C11H20N2OS/c1-8(15-2)5-6-13-11(14)9-3-4-10(12)7-9/h3-4,8-10H,5-7,12H2,1-2H3,(H,13,14). The third-order valence-corrected chi connectivity index (χ3v) is 3.75. The molecule has 0 radical (unpaired) electrons. The fraction of sp³-hybridized carbons (Fsp3) is 0.727. The van der Waals surface area contributed by atoms with Crippen molar-refractivity contribution in [3.63, 3.8) is 0 Å². The number of thioether (sulfide) groups is 1. The Bertz CT molecular complexity index is 243. The number of carbonyl (C=O) groups is 1. The van der Waals surface area contributed by atoms with Crippen molar-refractivity contribution < 1.29 is 4.79 Å². The predicted molar refractivity (Wildman–Crippen MR) is 65.8 cm³/mol. The number of hydrogen-bond donors (Lipinski definition) is 2. The largest absolute Gasteiger partial charge is 0.356 e. The lowest BCUT2D eigenvalue weighted by atomic mass is 10.1. The lowest BCUT2D eigenvalue weighted by molar-refractivity contribution is -0.123. The van der Waals surface area contributed by atoms with Crippen LogP contribution >= 0.6 is 11.8 Å². The molecule has 15 heavy (non-hydrogen) atoms. The van der Waals surface area contributed by atoms with Gasteiger partial charge in [0.05, 0.1) is 5.92 Å². The summed E-state index contributed by atoms with van der Waals surface area (Å²) in [5.74, 6) is 0.108. The fourth-order valence-electron chi connectivity index (χ4n) is 1.57. The second-order valence-corrected chi connectivity index (χ2v) is 5.29. The van der Waals surface area contributed by atoms with Crippen molar-refractivity contribution in [3.05, 3.63) is 12.2 Å². The van der Waals surface area contributed by atoms with Crippen LogP contribution in [0.1, 0.15) is 19.8 Å². The average Bonchev–Trinajstić information content (AvgIpc) is 2.64. The van der Waals surface area contributed by atoms with Gasteiger partial charge in [-0.3, -0.25) is 4.79 Å². The maximum atomic E-state index is 11.6. The van der Waals surface area contributed by atoms with Gasteiger partial charge in [-0.2, -0.15) is 11.8 Å². The molecule has 3 atom stereocenters. The minimum atomic E-state index is -0.00964. The Morgan fingerprint density at radius 2 is 2.40 bits per heavy atom. The minimum absolute atomic E-state index is 0.00964. The molecule has 1 amide bonds. The number of carbonyl (C=O) groups excluding carboxylic acids is 1. The SMILES string of the molecule is CSC(C)CCNC(=O)C1C=CC(N)C1. The maximum absolute atomic E-state index is 11.6. The van der Waals surface area contributed by atoms with Gasteiger partial charge in [0.25, 0.3) is 0 Å². The molecule has 0 aromatic rings. The second kappa shape index (κ2) is 6.18. The van der Waals surface area contributed by atoms with Crippen molar-refractivity contribution in [3.8, 4) is 0 Å². The Morgan fingerprint density at radius 1 is 1.67 bits per heavy atom. The quantitative estimate of drug-likeness (QED) is 0.694. The van der Waals surface area contributed by atoms with E-state index in [1.807, 2.05) is 23.9 Å². The van der Waals surface area contributed by atoms with E-state index in [9.17, 15) is 4.79 Å². The van der Waals surface area contributed by atoms with E-state index in [1.54, 1.807) is 0 Å². The van der Waals surface area contributed by atoms with Gasteiger partial charge in [-0.15, -0.1) is 0 Å². The first-order valence-corrected chi connectivity index (χ1v) is 6.66. The molecule has 3 nitrogen and oxygen atoms in total. The van der Waals surface area contributed by atoms with Gasteiger partial charge in [0.2, 0.25) is 5.91 Å². The molecule has 0 saturated heterocycles. The molecule has 0 aromatic carbocycles. The highest BCUT2D eigenvalue weighted by molar-refractivity contribution is 7.99. The van der Waals surface area contributed by atoms with E-state index in [0.717, 1.165) is 19.4 Å². The first-order chi connectivity index (χ1) is 7.13. The lowest BCUT2D eigenvalue weighted by Crippen LogP contribution is -2.32. The summed E-state index contributed by atoms with van der Waals surface area (Å²) < 4.78 is 0. The number of hydrogen-bond acceptors (Lipinski definition) is 3. The zero-order valence-electron chi connectivity index (χ0n) is 9.40. The van der Waals surface area contributed by atoms with Gasteiger partial charge < -0.3 is 11.1 Å². The molecule has 1 aliphatic rings. The van der Waals surface area contributed by atoms with Crippen LogP contribution in [0, 0.1) is 5.92 Å². The van der Waals surface area contributed by atoms with Crippen molar-refractivity contribution >= 4 is 17.7 Å². The Kier molecular flexibility index (Phi) is 5.19. The summed E-state index contributed by atoms with van der Waals surface area (Å²) in [6, 6.07) is 0.0610. The average molecular weight is 228 g/mol. The van der Waals surface area contributed by atoms with Gasteiger partial charge in [0.15, 0.2) is 0 Å². The number of nitrogens with two attached hydrogens (primary N) is 1. The van der Waals surface area contributed by atoms with Crippen LogP contribution in [-0.2, 0) is 4.79 Å². The molecule has 0 bridgehead atoms. The molecule has 0 aromatic heterocycles. The van der Waals surface area contributed by atoms with Crippen molar-refractivity contribution in [1.82, 2.24) is 5.32 Å². The van der Waals surface area contributed by atoms with E-state index in [2.05, 4.69) is 18.5 Å². The Morgan fingerprint density at radius 3 is 2.93 bits per heavy atom. The van der Waals surface area contributed by atoms with Gasteiger partial charge in [0.1, 0.15) is 0 Å². The van der Waals surface area contributed by atoms with Crippen molar-refractivity contribution in [1.29, 1.82) is 0 Å². The highest BCUT2D eigenvalue weighted by Gasteiger charge is 2.22. The van der Waals surface area contributed by atoms with E-state index >= 15 is 0 Å². The predicted octanol–water partition coefficient (Wildman–Crippen LogP) is 1.15. The van der Waals surface area contributed by atoms with Crippen LogP contribution in [0.2, 0.25) is 0 Å². The van der Waals surface area contributed by atoms with Crippen molar-refractivity contribution in [2.45, 2.75) is 31.1 Å². The Labute approximate surface area is 95.9 Å². The van der Waals surface area contributed by atoms with E-state index in [4.69, 9.17) is 5.73 Å². The molecular formula is C11H20N2OS. The normalized spacial score (nSPS) is 26.6. The van der Waals surface area contributed by atoms with Gasteiger partial charge in [-0.05, 0) is 19.1 Å². The van der Waals surface area contributed by atoms with E-state index in [1.165, 1.54) is 0 Å². The fourth-order valence-corrected chi connectivity index (χ4v) is 1.92. The topological polar surface area (TPSA) is 55.1 Å². The zero-order chi connectivity index (χ0) is 11.3. The molecule has 0 heterocycles. The van der Waals surface area contributed by atoms with Crippen LogP contribution in [0.3, 0.4) is 0 Å². The Hall–Kier alpha value is -0.480. The van der Waals surface area contributed by atoms with Gasteiger partial charge in [-0.1, -0.05) is 19.1 Å². The van der Waals surface area contributed by atoms with Crippen molar-refractivity contribution in [2.24, 2.45) is 11.7 Å². The first-order valence-electron chi connectivity index (χ1n) is 5.38. The summed E-state index contributed by atoms with van der Waals surface area (Å²) in [4.78, 5) is 11.6. The molecule has 0 aliphatic heterocycles. The summed E-state index contributed by atoms with van der Waals surface area (Å²) in [6.45, 7) is 2.93. The molecule has 0 fully saturated rings. The molecule has 3 N–H and O–H groups in total. The molecule has 0 spiro atoms. The van der Waals surface area contributed by atoms with Crippen LogP contribution < -0.4 is 11.1 Å². The number of rotatable bonds is 5. The highest BCUT2D eigenvalue weighted by Crippen LogP contribution is 2.16. The van der Waals surface area contributed by atoms with Crippen LogP contribution in [0.25, 0.3) is 0 Å². The molecule has 4 heteroatoms. The van der Waals surface area contributed by atoms with Crippen LogP contribution in [0.15, 0.2) is 12.2 Å². The smallest absolute Gasteiger partial charge is 0.226 e. The van der Waals surface area contributed by atoms with Gasteiger partial charge in [0, 0.05) is 17.8 Å². The van der Waals surface area contributed by atoms with E-state index in [-0.39, 0.29) is 17.9 Å². The second-order valence-electron chi connectivity index (χ2n) is 4.02. The van der Waals surface area contributed by atoms with E-state index in [0.29, 0.717) is 5.25 Å². The zero-order valence-corrected chi connectivity index (χ0v) is 10.2. The molecule has 1 aliphatic carbocycles. The van der Waals surface area contributed by atoms with E-state index < -0.39 is 0 Å². The van der Waals surface area contributed by atoms with Crippen LogP contribution in [-0.4, -0.2) is 30.0 Å². The lowest BCUT2D eigenvalue weighted by Gasteiger charge is -2.12. The van der Waals surface area contributed by atoms with Crippen molar-refractivity contribution in [2.75, 3.05) is 12.8 Å². The highest BCUT2D eigenvalue weighted by atomic mass is 32.2. The summed E-state index contributed by atoms with van der Waals surface area (Å²) in [6.07, 6.45) is 7.69. The third-order valence-electron chi connectivity index (χ3n) is 2.71. The number of amides is 1. The third kappa shape index (κ3) is 4.26. The molecular weight excluding hydrogens is 208 g/mol. The maximum Gasteiger partial charge on any atom is 0.226 e. The van der Waals surface area contributed by atoms with Gasteiger partial charge in [-0.25, -0.2) is 0 Å². The first kappa shape index (κ1) is 12.6. The molecule has 86 valence electrons.